The molecule has 4 nitrogen and oxygen atoms in total. The molecule has 30 heavy (non-hydrogen) atoms. The molecule has 0 amide bonds. The Morgan fingerprint density at radius 1 is 1.03 bits per heavy atom. The zero-order valence-corrected chi connectivity index (χ0v) is 15.8. The van der Waals surface area contributed by atoms with Crippen LogP contribution in [0.4, 0.5) is 26.3 Å². The molecule has 0 saturated heterocycles. The maximum absolute atomic E-state index is 13.7. The Morgan fingerprint density at radius 2 is 1.67 bits per heavy atom. The fraction of sp³-hybridized carbons (Fsp3) is 0.300. The number of benzene rings is 1. The number of aromatic nitrogens is 2. The molecule has 0 atom stereocenters. The van der Waals surface area contributed by atoms with E-state index in [0.29, 0.717) is 5.56 Å². The van der Waals surface area contributed by atoms with E-state index in [1.54, 1.807) is 6.07 Å². The van der Waals surface area contributed by atoms with Crippen LogP contribution in [0, 0.1) is 0 Å². The average molecular weight is 430 g/mol. The van der Waals surface area contributed by atoms with Gasteiger partial charge in [0.1, 0.15) is 11.4 Å². The smallest absolute Gasteiger partial charge is 0.434 e. The fourth-order valence-corrected chi connectivity index (χ4v) is 2.86. The minimum absolute atomic E-state index is 0.0187. The van der Waals surface area contributed by atoms with Gasteiger partial charge in [0.2, 0.25) is 0 Å². The summed E-state index contributed by atoms with van der Waals surface area (Å²) in [6.07, 6.45) is -8.12. The van der Waals surface area contributed by atoms with Crippen molar-refractivity contribution in [2.75, 3.05) is 6.61 Å². The van der Waals surface area contributed by atoms with E-state index in [1.165, 1.54) is 12.3 Å². The standard InChI is InChI=1S/C20H16F6N2O2/c1-11(2)13-7-8-28-15(9-13)27-17(20(24,25)26)16(18(28)29)12-3-5-14(6-4-12)30-10-19(21,22)23/h3-9,11H,10H2,1-2H3. The highest BCUT2D eigenvalue weighted by Crippen LogP contribution is 2.35. The average Bonchev–Trinajstić information content (AvgIpc) is 2.65. The van der Waals surface area contributed by atoms with Crippen LogP contribution in [0.3, 0.4) is 0 Å². The van der Waals surface area contributed by atoms with Gasteiger partial charge in [-0.25, -0.2) is 4.98 Å². The third kappa shape index (κ3) is 4.58. The highest BCUT2D eigenvalue weighted by Gasteiger charge is 2.38. The Balaban J connectivity index is 2.13. The molecule has 2 heterocycles. The van der Waals surface area contributed by atoms with Gasteiger partial charge in [0.05, 0.1) is 5.56 Å². The summed E-state index contributed by atoms with van der Waals surface area (Å²) in [6.45, 7) is 2.16. The van der Waals surface area contributed by atoms with E-state index < -0.39 is 35.8 Å². The van der Waals surface area contributed by atoms with E-state index in [1.807, 2.05) is 13.8 Å². The highest BCUT2D eigenvalue weighted by molar-refractivity contribution is 5.68. The molecule has 2 aromatic heterocycles. The maximum atomic E-state index is 13.7. The van der Waals surface area contributed by atoms with Gasteiger partial charge < -0.3 is 4.74 Å². The highest BCUT2D eigenvalue weighted by atomic mass is 19.4. The van der Waals surface area contributed by atoms with Crippen LogP contribution in [-0.2, 0) is 6.18 Å². The number of hydrogen-bond acceptors (Lipinski definition) is 3. The van der Waals surface area contributed by atoms with Crippen molar-refractivity contribution >= 4 is 5.65 Å². The number of pyridine rings is 1. The number of nitrogens with zero attached hydrogens (tertiary/aromatic N) is 2. The van der Waals surface area contributed by atoms with E-state index in [9.17, 15) is 31.1 Å². The molecule has 160 valence electrons. The first-order chi connectivity index (χ1) is 13.9. The SMILES string of the molecule is CC(C)c1ccn2c(=O)c(-c3ccc(OCC(F)(F)F)cc3)c(C(F)(F)F)nc2c1. The van der Waals surface area contributed by atoms with E-state index in [4.69, 9.17) is 0 Å². The van der Waals surface area contributed by atoms with Crippen molar-refractivity contribution in [3.63, 3.8) is 0 Å². The van der Waals surface area contributed by atoms with Crippen molar-refractivity contribution in [2.45, 2.75) is 32.1 Å². The Kier molecular flexibility index (Phi) is 5.53. The number of fused-ring (bicyclic) bond motifs is 1. The van der Waals surface area contributed by atoms with Crippen molar-refractivity contribution < 1.29 is 31.1 Å². The molecular formula is C20H16F6N2O2. The van der Waals surface area contributed by atoms with Gasteiger partial charge in [-0.3, -0.25) is 9.20 Å². The van der Waals surface area contributed by atoms with Crippen LogP contribution in [-0.4, -0.2) is 22.2 Å². The molecule has 0 aliphatic carbocycles. The number of hydrogen-bond donors (Lipinski definition) is 0. The summed E-state index contributed by atoms with van der Waals surface area (Å²) in [6, 6.07) is 7.35. The first-order valence-corrected chi connectivity index (χ1v) is 8.80. The molecule has 3 aromatic rings. The molecule has 0 radical (unpaired) electrons. The Labute approximate surface area is 166 Å². The molecular weight excluding hydrogens is 414 g/mol. The number of rotatable bonds is 4. The number of ether oxygens (including phenoxy) is 1. The lowest BCUT2D eigenvalue weighted by molar-refractivity contribution is -0.153. The molecule has 0 fully saturated rings. The zero-order valence-electron chi connectivity index (χ0n) is 15.8. The molecule has 1 aromatic carbocycles. The third-order valence-electron chi connectivity index (χ3n) is 4.34. The molecule has 0 aliphatic rings. The third-order valence-corrected chi connectivity index (χ3v) is 4.34. The summed E-state index contributed by atoms with van der Waals surface area (Å²) >= 11 is 0. The maximum Gasteiger partial charge on any atom is 0.434 e. The van der Waals surface area contributed by atoms with Crippen molar-refractivity contribution in [2.24, 2.45) is 0 Å². The van der Waals surface area contributed by atoms with Gasteiger partial charge in [-0.1, -0.05) is 26.0 Å². The van der Waals surface area contributed by atoms with Crippen molar-refractivity contribution in [1.82, 2.24) is 9.38 Å². The predicted molar refractivity (Wildman–Crippen MR) is 97.5 cm³/mol. The second kappa shape index (κ2) is 7.66. The van der Waals surface area contributed by atoms with Gasteiger partial charge >= 0.3 is 12.4 Å². The first kappa shape index (κ1) is 21.7. The summed E-state index contributed by atoms with van der Waals surface area (Å²) in [5.74, 6) is -0.176. The minimum Gasteiger partial charge on any atom is -0.484 e. The van der Waals surface area contributed by atoms with Crippen molar-refractivity contribution in [3.05, 3.63) is 64.2 Å². The summed E-state index contributed by atoms with van der Waals surface area (Å²) in [5, 5.41) is 0. The molecule has 3 rings (SSSR count). The Bertz CT molecular complexity index is 1120. The molecule has 0 spiro atoms. The summed E-state index contributed by atoms with van der Waals surface area (Å²) in [5.41, 5.74) is -2.56. The topological polar surface area (TPSA) is 43.6 Å². The van der Waals surface area contributed by atoms with Gasteiger partial charge in [0.25, 0.3) is 5.56 Å². The predicted octanol–water partition coefficient (Wildman–Crippen LogP) is 5.44. The van der Waals surface area contributed by atoms with Crippen molar-refractivity contribution in [1.29, 1.82) is 0 Å². The monoisotopic (exact) mass is 430 g/mol. The summed E-state index contributed by atoms with van der Waals surface area (Å²) < 4.78 is 83.3. The summed E-state index contributed by atoms with van der Waals surface area (Å²) in [7, 11) is 0. The van der Waals surface area contributed by atoms with E-state index in [2.05, 4.69) is 9.72 Å². The second-order valence-corrected chi connectivity index (χ2v) is 6.91. The van der Waals surface area contributed by atoms with Gasteiger partial charge in [0, 0.05) is 6.20 Å². The van der Waals surface area contributed by atoms with Crippen LogP contribution in [0.5, 0.6) is 5.75 Å². The van der Waals surface area contributed by atoms with Gasteiger partial charge in [-0.15, -0.1) is 0 Å². The lowest BCUT2D eigenvalue weighted by atomic mass is 10.0. The quantitative estimate of drug-likeness (QED) is 0.518. The van der Waals surface area contributed by atoms with Crippen LogP contribution in [0.15, 0.2) is 47.4 Å². The van der Waals surface area contributed by atoms with E-state index >= 15 is 0 Å². The molecule has 0 unspecified atom stereocenters. The Morgan fingerprint density at radius 3 is 2.20 bits per heavy atom. The van der Waals surface area contributed by atoms with Gasteiger partial charge in [0.15, 0.2) is 12.3 Å². The summed E-state index contributed by atoms with van der Waals surface area (Å²) in [4.78, 5) is 16.5. The second-order valence-electron chi connectivity index (χ2n) is 6.91. The lowest BCUT2D eigenvalue weighted by Gasteiger charge is -2.15. The Hall–Kier alpha value is -3.04. The zero-order chi connectivity index (χ0) is 22.3. The van der Waals surface area contributed by atoms with E-state index in [0.717, 1.165) is 28.7 Å². The largest absolute Gasteiger partial charge is 0.484 e. The molecule has 0 aliphatic heterocycles. The number of halogens is 6. The van der Waals surface area contributed by atoms with Gasteiger partial charge in [-0.05, 0) is 41.3 Å². The van der Waals surface area contributed by atoms with Crippen LogP contribution < -0.4 is 10.3 Å². The van der Waals surface area contributed by atoms with E-state index in [-0.39, 0.29) is 22.9 Å². The fourth-order valence-electron chi connectivity index (χ4n) is 2.86. The van der Waals surface area contributed by atoms with Crippen LogP contribution in [0.2, 0.25) is 0 Å². The van der Waals surface area contributed by atoms with Crippen LogP contribution in [0.1, 0.15) is 31.0 Å². The van der Waals surface area contributed by atoms with Gasteiger partial charge in [-0.2, -0.15) is 26.3 Å². The van der Waals surface area contributed by atoms with Crippen molar-refractivity contribution in [3.8, 4) is 16.9 Å². The van der Waals surface area contributed by atoms with Crippen LogP contribution in [0.25, 0.3) is 16.8 Å². The first-order valence-electron chi connectivity index (χ1n) is 8.80. The molecule has 10 heteroatoms. The molecule has 0 bridgehead atoms. The van der Waals surface area contributed by atoms with Crippen LogP contribution >= 0.6 is 0 Å². The lowest BCUT2D eigenvalue weighted by Crippen LogP contribution is -2.24. The minimum atomic E-state index is -4.91. The number of alkyl halides is 6. The normalized spacial score (nSPS) is 12.6. The molecule has 0 saturated carbocycles. The molecule has 0 N–H and O–H groups in total.